The highest BCUT2D eigenvalue weighted by Gasteiger charge is 2.74. The summed E-state index contributed by atoms with van der Waals surface area (Å²) in [7, 11) is 0. The van der Waals surface area contributed by atoms with E-state index < -0.39 is 33.7 Å². The first-order valence-electron chi connectivity index (χ1n) is 12.2. The van der Waals surface area contributed by atoms with Crippen LogP contribution in [0.4, 0.5) is 0 Å². The van der Waals surface area contributed by atoms with Gasteiger partial charge in [0.2, 0.25) is 0 Å². The predicted molar refractivity (Wildman–Crippen MR) is 125 cm³/mol. The number of ether oxygens (including phenoxy) is 2. The Kier molecular flexibility index (Phi) is 6.28. The van der Waals surface area contributed by atoms with E-state index in [9.17, 15) is 19.8 Å². The number of aliphatic hydroxyl groups is 2. The molecule has 0 bridgehead atoms. The summed E-state index contributed by atoms with van der Waals surface area (Å²) in [5.74, 6) is -0.874. The second kappa shape index (κ2) is 8.27. The molecule has 4 rings (SSSR count). The van der Waals surface area contributed by atoms with Gasteiger partial charge in [0, 0.05) is 17.4 Å². The number of alkyl halides is 1. The average Bonchev–Trinajstić information content (AvgIpc) is 2.95. The third-order valence-corrected chi connectivity index (χ3v) is 10.4. The zero-order chi connectivity index (χ0) is 24.4. The number of carbonyl (C=O) groups is 2. The van der Waals surface area contributed by atoms with Crippen LogP contribution in [0.5, 0.6) is 0 Å². The van der Waals surface area contributed by atoms with E-state index in [1.807, 2.05) is 33.8 Å². The van der Waals surface area contributed by atoms with Gasteiger partial charge in [-0.15, -0.1) is 11.6 Å². The number of fused-ring (bicyclic) bond motifs is 5. The van der Waals surface area contributed by atoms with E-state index in [0.717, 1.165) is 5.57 Å². The largest absolute Gasteiger partial charge is 0.391 e. The van der Waals surface area contributed by atoms with Gasteiger partial charge in [-0.3, -0.25) is 9.59 Å². The van der Waals surface area contributed by atoms with Crippen LogP contribution in [0.1, 0.15) is 60.3 Å². The van der Waals surface area contributed by atoms with Crippen molar-refractivity contribution < 1.29 is 29.3 Å². The molecule has 33 heavy (non-hydrogen) atoms. The fourth-order valence-corrected chi connectivity index (χ4v) is 8.25. The molecule has 0 amide bonds. The molecule has 0 heterocycles. The van der Waals surface area contributed by atoms with Crippen molar-refractivity contribution in [1.82, 2.24) is 0 Å². The molecule has 2 N–H and O–H groups in total. The van der Waals surface area contributed by atoms with Gasteiger partial charge in [-0.25, -0.2) is 0 Å². The van der Waals surface area contributed by atoms with Crippen LogP contribution in [0.15, 0.2) is 23.8 Å². The standard InChI is InChI=1S/C26H37ClO6/c1-6-32-16(3)33-14-22(30)26(31)15(2)11-20-19-8-7-17-12-18(28)9-10-23(17,4)25(19,27)21(29)13-24(20,26)5/h9-10,12,15-16,19-21,29,31H,6-8,11,13-14H2,1-5H3/t15-,16?,19-,20+,21-,23-,24-,25+,26+/m0/s1. The molecule has 0 aromatic rings. The number of halogens is 1. The number of hydrogen-bond donors (Lipinski definition) is 2. The smallest absolute Gasteiger partial charge is 0.190 e. The van der Waals surface area contributed by atoms with Crippen LogP contribution in [0.2, 0.25) is 0 Å². The van der Waals surface area contributed by atoms with Gasteiger partial charge in [0.15, 0.2) is 17.9 Å². The van der Waals surface area contributed by atoms with Crippen LogP contribution < -0.4 is 0 Å². The van der Waals surface area contributed by atoms with E-state index in [2.05, 4.69) is 0 Å². The fourth-order valence-electron chi connectivity index (χ4n) is 7.73. The monoisotopic (exact) mass is 480 g/mol. The van der Waals surface area contributed by atoms with Crippen molar-refractivity contribution >= 4 is 23.2 Å². The van der Waals surface area contributed by atoms with Gasteiger partial charge in [0.1, 0.15) is 12.2 Å². The lowest BCUT2D eigenvalue weighted by molar-refractivity contribution is -0.189. The molecule has 6 nitrogen and oxygen atoms in total. The molecule has 0 radical (unpaired) electrons. The minimum atomic E-state index is -1.63. The lowest BCUT2D eigenvalue weighted by Crippen LogP contribution is -2.69. The quantitative estimate of drug-likeness (QED) is 0.446. The minimum Gasteiger partial charge on any atom is -0.391 e. The van der Waals surface area contributed by atoms with Crippen molar-refractivity contribution in [3.63, 3.8) is 0 Å². The summed E-state index contributed by atoms with van der Waals surface area (Å²) < 4.78 is 10.9. The summed E-state index contributed by atoms with van der Waals surface area (Å²) in [4.78, 5) is 24.4. The molecule has 0 spiro atoms. The van der Waals surface area contributed by atoms with Gasteiger partial charge in [0.05, 0.1) is 11.0 Å². The van der Waals surface area contributed by atoms with Crippen LogP contribution in [0, 0.1) is 28.6 Å². The molecule has 0 aliphatic heterocycles. The second-order valence-electron chi connectivity index (χ2n) is 10.9. The Balaban J connectivity index is 1.68. The highest BCUT2D eigenvalue weighted by Crippen LogP contribution is 2.71. The van der Waals surface area contributed by atoms with Crippen LogP contribution in [0.3, 0.4) is 0 Å². The van der Waals surface area contributed by atoms with Crippen molar-refractivity contribution in [3.05, 3.63) is 23.8 Å². The van der Waals surface area contributed by atoms with E-state index in [0.29, 0.717) is 25.9 Å². The molecule has 9 atom stereocenters. The number of Topliss-reactive ketones (excluding diaryl/α,β-unsaturated/α-hetero) is 1. The van der Waals surface area contributed by atoms with Crippen molar-refractivity contribution in [3.8, 4) is 0 Å². The van der Waals surface area contributed by atoms with Gasteiger partial charge in [-0.1, -0.05) is 32.4 Å². The fraction of sp³-hybridized carbons (Fsp3) is 0.769. The third kappa shape index (κ3) is 3.28. The zero-order valence-electron chi connectivity index (χ0n) is 20.3. The first kappa shape index (κ1) is 25.1. The molecule has 1 unspecified atom stereocenters. The highest BCUT2D eigenvalue weighted by atomic mass is 35.5. The maximum atomic E-state index is 13.4. The number of ketones is 2. The lowest BCUT2D eigenvalue weighted by Gasteiger charge is -2.63. The number of rotatable bonds is 6. The number of hydrogen-bond acceptors (Lipinski definition) is 6. The molecule has 0 aromatic carbocycles. The van der Waals surface area contributed by atoms with E-state index in [-0.39, 0.29) is 42.3 Å². The Bertz CT molecular complexity index is 899. The number of allylic oxidation sites excluding steroid dienone is 4. The molecule has 4 aliphatic carbocycles. The second-order valence-corrected chi connectivity index (χ2v) is 11.6. The van der Waals surface area contributed by atoms with E-state index >= 15 is 0 Å². The van der Waals surface area contributed by atoms with E-state index in [1.54, 1.807) is 19.1 Å². The van der Waals surface area contributed by atoms with Crippen LogP contribution >= 0.6 is 11.6 Å². The van der Waals surface area contributed by atoms with Crippen molar-refractivity contribution in [2.75, 3.05) is 13.2 Å². The summed E-state index contributed by atoms with van der Waals surface area (Å²) in [5.41, 5.74) is -2.16. The average molecular weight is 481 g/mol. The van der Waals surface area contributed by atoms with Crippen LogP contribution in [-0.4, -0.2) is 57.9 Å². The SMILES string of the molecule is CCOC(C)OCC(=O)[C@]1(O)[C@@H](C)C[C@@H]2[C@@H]3CCC4=CC(=O)C=C[C@]4(C)[C@]3(Cl)[C@@H](O)C[C@@]21C. The van der Waals surface area contributed by atoms with Crippen LogP contribution in [0.25, 0.3) is 0 Å². The Morgan fingerprint density at radius 2 is 2.00 bits per heavy atom. The maximum absolute atomic E-state index is 13.4. The Morgan fingerprint density at radius 1 is 1.30 bits per heavy atom. The third-order valence-electron chi connectivity index (χ3n) is 9.50. The van der Waals surface area contributed by atoms with Crippen molar-refractivity contribution in [2.24, 2.45) is 28.6 Å². The molecule has 184 valence electrons. The molecule has 3 fully saturated rings. The maximum Gasteiger partial charge on any atom is 0.190 e. The zero-order valence-corrected chi connectivity index (χ0v) is 21.0. The van der Waals surface area contributed by atoms with E-state index in [1.165, 1.54) is 0 Å². The Morgan fingerprint density at radius 3 is 2.67 bits per heavy atom. The topological polar surface area (TPSA) is 93.1 Å². The lowest BCUT2D eigenvalue weighted by atomic mass is 9.45. The number of carbonyl (C=O) groups excluding carboxylic acids is 2. The molecule has 7 heteroatoms. The minimum absolute atomic E-state index is 0.0453. The molecular weight excluding hydrogens is 444 g/mol. The summed E-state index contributed by atoms with van der Waals surface area (Å²) in [6.45, 7) is 9.65. The highest BCUT2D eigenvalue weighted by molar-refractivity contribution is 6.26. The molecule has 4 aliphatic rings. The first-order valence-corrected chi connectivity index (χ1v) is 12.5. The van der Waals surface area contributed by atoms with Gasteiger partial charge in [0.25, 0.3) is 0 Å². The predicted octanol–water partition coefficient (Wildman–Crippen LogP) is 3.57. The molecule has 3 saturated carbocycles. The van der Waals surface area contributed by atoms with Crippen molar-refractivity contribution in [2.45, 2.75) is 83.2 Å². The Hall–Kier alpha value is -1.05. The van der Waals surface area contributed by atoms with Gasteiger partial charge >= 0.3 is 0 Å². The van der Waals surface area contributed by atoms with Gasteiger partial charge in [-0.05, 0) is 69.4 Å². The van der Waals surface area contributed by atoms with Gasteiger partial charge in [-0.2, -0.15) is 0 Å². The molecular formula is C26H37ClO6. The normalized spacial score (nSPS) is 47.4. The van der Waals surface area contributed by atoms with Gasteiger partial charge < -0.3 is 19.7 Å². The van der Waals surface area contributed by atoms with E-state index in [4.69, 9.17) is 21.1 Å². The Labute approximate surface area is 201 Å². The molecule has 0 saturated heterocycles. The van der Waals surface area contributed by atoms with Crippen molar-refractivity contribution in [1.29, 1.82) is 0 Å². The summed E-state index contributed by atoms with van der Waals surface area (Å²) in [6.07, 6.45) is 5.83. The molecule has 0 aromatic heterocycles. The first-order chi connectivity index (χ1) is 15.4. The summed E-state index contributed by atoms with van der Waals surface area (Å²) in [6, 6.07) is 0. The number of aliphatic hydroxyl groups excluding tert-OH is 1. The summed E-state index contributed by atoms with van der Waals surface area (Å²) in [5, 5.41) is 23.5. The summed E-state index contributed by atoms with van der Waals surface area (Å²) >= 11 is 7.42. The van der Waals surface area contributed by atoms with Crippen LogP contribution in [-0.2, 0) is 19.1 Å².